The second-order valence-corrected chi connectivity index (χ2v) is 4.63. The van der Waals surface area contributed by atoms with Crippen molar-refractivity contribution in [2.24, 2.45) is 0 Å². The second kappa shape index (κ2) is 5.70. The third-order valence-corrected chi connectivity index (χ3v) is 3.32. The molecule has 0 saturated carbocycles. The van der Waals surface area contributed by atoms with Crippen molar-refractivity contribution in [1.82, 2.24) is 5.32 Å². The predicted molar refractivity (Wildman–Crippen MR) is 70.0 cm³/mol. The van der Waals surface area contributed by atoms with E-state index in [9.17, 15) is 0 Å². The Morgan fingerprint density at radius 2 is 2.24 bits per heavy atom. The highest BCUT2D eigenvalue weighted by Crippen LogP contribution is 2.22. The van der Waals surface area contributed by atoms with Crippen molar-refractivity contribution in [3.05, 3.63) is 29.3 Å². The van der Waals surface area contributed by atoms with E-state index < -0.39 is 0 Å². The van der Waals surface area contributed by atoms with Crippen molar-refractivity contribution in [3.63, 3.8) is 0 Å². The first-order valence-electron chi connectivity index (χ1n) is 6.28. The second-order valence-electron chi connectivity index (χ2n) is 4.63. The Balaban J connectivity index is 2.14. The van der Waals surface area contributed by atoms with Gasteiger partial charge in [0.15, 0.2) is 0 Å². The number of nitrogens with one attached hydrogen (secondary N) is 2. The fraction of sp³-hybridized carbons (Fsp3) is 0.500. The Morgan fingerprint density at radius 3 is 3.06 bits per heavy atom. The Labute approximate surface area is 103 Å². The number of hydrogen-bond donors (Lipinski definition) is 2. The van der Waals surface area contributed by atoms with Crippen LogP contribution >= 0.6 is 0 Å². The average molecular weight is 229 g/mol. The molecule has 0 bridgehead atoms. The zero-order valence-electron chi connectivity index (χ0n) is 10.3. The Bertz CT molecular complexity index is 412. The van der Waals surface area contributed by atoms with Crippen LogP contribution in [0.5, 0.6) is 0 Å². The fourth-order valence-electron chi connectivity index (χ4n) is 2.32. The minimum Gasteiger partial charge on any atom is -0.381 e. The predicted octanol–water partition coefficient (Wildman–Crippen LogP) is 2.42. The maximum Gasteiger partial charge on any atom is 0.101 e. The number of para-hydroxylation sites is 1. The summed E-state index contributed by atoms with van der Waals surface area (Å²) in [5, 5.41) is 16.1. The Hall–Kier alpha value is -1.53. The third-order valence-electron chi connectivity index (χ3n) is 3.32. The fourth-order valence-corrected chi connectivity index (χ4v) is 2.32. The summed E-state index contributed by atoms with van der Waals surface area (Å²) in [6.07, 6.45) is 3.50. The first kappa shape index (κ1) is 11.9. The van der Waals surface area contributed by atoms with Crippen LogP contribution in [0.25, 0.3) is 0 Å². The molecule has 1 aliphatic rings. The summed E-state index contributed by atoms with van der Waals surface area (Å²) in [5.41, 5.74) is 2.92. The molecule has 1 aromatic rings. The molecule has 0 aromatic heterocycles. The lowest BCUT2D eigenvalue weighted by Crippen LogP contribution is -2.22. The van der Waals surface area contributed by atoms with Crippen LogP contribution in [0.15, 0.2) is 18.2 Å². The van der Waals surface area contributed by atoms with Gasteiger partial charge in [-0.3, -0.25) is 0 Å². The number of nitrogens with zero attached hydrogens (tertiary/aromatic N) is 1. The van der Waals surface area contributed by atoms with Gasteiger partial charge in [-0.2, -0.15) is 5.26 Å². The number of nitriles is 1. The number of anilines is 1. The summed E-state index contributed by atoms with van der Waals surface area (Å²) in [5.74, 6) is 0. The van der Waals surface area contributed by atoms with E-state index in [1.54, 1.807) is 0 Å². The van der Waals surface area contributed by atoms with E-state index in [-0.39, 0.29) is 0 Å². The van der Waals surface area contributed by atoms with E-state index in [0.717, 1.165) is 36.3 Å². The van der Waals surface area contributed by atoms with E-state index in [1.807, 2.05) is 12.1 Å². The van der Waals surface area contributed by atoms with Crippen LogP contribution in [0.2, 0.25) is 0 Å². The van der Waals surface area contributed by atoms with Crippen LogP contribution in [0.3, 0.4) is 0 Å². The van der Waals surface area contributed by atoms with Gasteiger partial charge in [0.25, 0.3) is 0 Å². The summed E-state index contributed by atoms with van der Waals surface area (Å²) in [6.45, 7) is 4.22. The van der Waals surface area contributed by atoms with Gasteiger partial charge >= 0.3 is 0 Å². The minimum atomic E-state index is 0.484. The van der Waals surface area contributed by atoms with Crippen molar-refractivity contribution < 1.29 is 0 Å². The molecule has 1 saturated heterocycles. The molecule has 2 N–H and O–H groups in total. The van der Waals surface area contributed by atoms with Gasteiger partial charge < -0.3 is 10.6 Å². The molecule has 0 radical (unpaired) electrons. The van der Waals surface area contributed by atoms with Crippen molar-refractivity contribution in [2.45, 2.75) is 32.2 Å². The van der Waals surface area contributed by atoms with E-state index in [2.05, 4.69) is 29.7 Å². The van der Waals surface area contributed by atoms with Crippen molar-refractivity contribution in [3.8, 4) is 6.07 Å². The molecule has 0 aliphatic carbocycles. The van der Waals surface area contributed by atoms with E-state index in [0.29, 0.717) is 6.04 Å². The highest BCUT2D eigenvalue weighted by Gasteiger charge is 2.14. The average Bonchev–Trinajstić information content (AvgIpc) is 2.60. The topological polar surface area (TPSA) is 47.9 Å². The number of aryl methyl sites for hydroxylation is 1. The molecular weight excluding hydrogens is 210 g/mol. The number of rotatable bonds is 2. The van der Waals surface area contributed by atoms with Crippen molar-refractivity contribution in [1.29, 1.82) is 5.26 Å². The van der Waals surface area contributed by atoms with Crippen LogP contribution in [0, 0.1) is 18.3 Å². The summed E-state index contributed by atoms with van der Waals surface area (Å²) in [6, 6.07) is 8.62. The van der Waals surface area contributed by atoms with Crippen LogP contribution in [0.4, 0.5) is 5.69 Å². The summed E-state index contributed by atoms with van der Waals surface area (Å²) < 4.78 is 0. The molecule has 1 atom stereocenters. The number of hydrogen-bond acceptors (Lipinski definition) is 3. The standard InChI is InChI=1S/C14H19N3/c1-11-4-2-5-12(10-15)14(11)17-13-6-3-8-16-9-7-13/h2,4-5,13,16-17H,3,6-9H2,1H3. The van der Waals surface area contributed by atoms with E-state index in [4.69, 9.17) is 5.26 Å². The lowest BCUT2D eigenvalue weighted by atomic mass is 10.0. The minimum absolute atomic E-state index is 0.484. The molecule has 0 amide bonds. The third kappa shape index (κ3) is 2.98. The molecule has 1 unspecified atom stereocenters. The summed E-state index contributed by atoms with van der Waals surface area (Å²) in [7, 11) is 0. The molecule has 90 valence electrons. The summed E-state index contributed by atoms with van der Waals surface area (Å²) >= 11 is 0. The molecule has 1 heterocycles. The van der Waals surface area contributed by atoms with Crippen LogP contribution < -0.4 is 10.6 Å². The monoisotopic (exact) mass is 229 g/mol. The zero-order valence-corrected chi connectivity index (χ0v) is 10.3. The first-order chi connectivity index (χ1) is 8.31. The maximum atomic E-state index is 9.13. The normalized spacial score (nSPS) is 20.4. The van der Waals surface area contributed by atoms with Gasteiger partial charge in [0, 0.05) is 6.04 Å². The Morgan fingerprint density at radius 1 is 1.35 bits per heavy atom. The zero-order chi connectivity index (χ0) is 12.1. The van der Waals surface area contributed by atoms with Crippen molar-refractivity contribution in [2.75, 3.05) is 18.4 Å². The molecule has 3 heteroatoms. The van der Waals surface area contributed by atoms with Gasteiger partial charge in [-0.1, -0.05) is 12.1 Å². The van der Waals surface area contributed by atoms with Crippen LogP contribution in [0.1, 0.15) is 30.4 Å². The summed E-state index contributed by atoms with van der Waals surface area (Å²) in [4.78, 5) is 0. The van der Waals surface area contributed by atoms with Gasteiger partial charge in [-0.15, -0.1) is 0 Å². The van der Waals surface area contributed by atoms with Gasteiger partial charge in [-0.05, 0) is 50.9 Å². The Kier molecular flexibility index (Phi) is 4.00. The molecule has 1 aromatic carbocycles. The van der Waals surface area contributed by atoms with Gasteiger partial charge in [0.1, 0.15) is 6.07 Å². The van der Waals surface area contributed by atoms with Gasteiger partial charge in [-0.25, -0.2) is 0 Å². The largest absolute Gasteiger partial charge is 0.381 e. The maximum absolute atomic E-state index is 9.13. The molecule has 0 spiro atoms. The highest BCUT2D eigenvalue weighted by atomic mass is 15.0. The molecule has 1 aliphatic heterocycles. The van der Waals surface area contributed by atoms with Crippen LogP contribution in [-0.4, -0.2) is 19.1 Å². The molecule has 1 fully saturated rings. The smallest absolute Gasteiger partial charge is 0.101 e. The van der Waals surface area contributed by atoms with Crippen LogP contribution in [-0.2, 0) is 0 Å². The van der Waals surface area contributed by atoms with Gasteiger partial charge in [0.05, 0.1) is 11.3 Å². The van der Waals surface area contributed by atoms with Crippen molar-refractivity contribution >= 4 is 5.69 Å². The van der Waals surface area contributed by atoms with E-state index in [1.165, 1.54) is 12.8 Å². The highest BCUT2D eigenvalue weighted by molar-refractivity contribution is 5.62. The lowest BCUT2D eigenvalue weighted by molar-refractivity contribution is 0.637. The van der Waals surface area contributed by atoms with Gasteiger partial charge in [0.2, 0.25) is 0 Å². The number of benzene rings is 1. The molecular formula is C14H19N3. The molecule has 3 nitrogen and oxygen atoms in total. The first-order valence-corrected chi connectivity index (χ1v) is 6.28. The molecule has 17 heavy (non-hydrogen) atoms. The lowest BCUT2D eigenvalue weighted by Gasteiger charge is -2.19. The molecule has 2 rings (SSSR count). The quantitative estimate of drug-likeness (QED) is 0.818. The van der Waals surface area contributed by atoms with E-state index >= 15 is 0 Å². The SMILES string of the molecule is Cc1cccc(C#N)c1NC1CCCNCC1.